The molecule has 0 aromatic heterocycles. The summed E-state index contributed by atoms with van der Waals surface area (Å²) in [5.41, 5.74) is 9.78. The van der Waals surface area contributed by atoms with Gasteiger partial charge in [-0.2, -0.15) is 0 Å². The van der Waals surface area contributed by atoms with Crippen LogP contribution in [0.25, 0.3) is 0 Å². The summed E-state index contributed by atoms with van der Waals surface area (Å²) in [6, 6.07) is 25.4. The van der Waals surface area contributed by atoms with E-state index in [1.807, 2.05) is 0 Å². The number of hydrogen-bond acceptors (Lipinski definition) is 0. The smallest absolute Gasteiger partial charge is 0.00270 e. The minimum Gasteiger partial charge on any atom is -0.0663 e. The summed E-state index contributed by atoms with van der Waals surface area (Å²) in [4.78, 5) is 0. The average molecular weight is 370 g/mol. The van der Waals surface area contributed by atoms with Crippen molar-refractivity contribution in [1.29, 1.82) is 0 Å². The van der Waals surface area contributed by atoms with Gasteiger partial charge in [0.1, 0.15) is 0 Å². The Kier molecular flexibility index (Phi) is 4.85. The molecule has 0 nitrogen and oxygen atoms in total. The second kappa shape index (κ2) is 7.61. The molecule has 0 spiro atoms. The molecule has 0 aliphatic heterocycles. The summed E-state index contributed by atoms with van der Waals surface area (Å²) in [5.74, 6) is 0. The summed E-state index contributed by atoms with van der Waals surface area (Å²) >= 11 is 0. The van der Waals surface area contributed by atoms with Crippen LogP contribution in [0.5, 0.6) is 0 Å². The minimum absolute atomic E-state index is 0.221. The normalized spacial score (nSPS) is 15.1. The monoisotopic (exact) mass is 370 g/mol. The Morgan fingerprint density at radius 1 is 0.556 bits per heavy atom. The first kappa shape index (κ1) is 17.2. The third-order valence-electron chi connectivity index (χ3n) is 6.33. The van der Waals surface area contributed by atoms with Crippen LogP contribution in [0.1, 0.15) is 46.2 Å². The fraction of sp³-hybridized carbons (Fsp3) is 0.308. The van der Waals surface area contributed by atoms with E-state index in [1.54, 1.807) is 38.7 Å². The molecule has 5 rings (SSSR count). The average Bonchev–Trinajstić information content (AvgIpc) is 3.38. The SMILES string of the molecule is c1ccc(P(Cc2cccc3c2CCC3)Cc2cccc3c2CCC3)cc1. The van der Waals surface area contributed by atoms with Crippen LogP contribution >= 0.6 is 7.92 Å². The molecule has 2 aliphatic carbocycles. The van der Waals surface area contributed by atoms with E-state index in [0.29, 0.717) is 0 Å². The Morgan fingerprint density at radius 2 is 1.11 bits per heavy atom. The maximum absolute atomic E-state index is 2.40. The Labute approximate surface area is 164 Å². The van der Waals surface area contributed by atoms with Crippen LogP contribution in [0.15, 0.2) is 66.7 Å². The van der Waals surface area contributed by atoms with Gasteiger partial charge in [-0.15, -0.1) is 0 Å². The minimum atomic E-state index is -0.221. The third-order valence-corrected chi connectivity index (χ3v) is 8.80. The first-order chi connectivity index (χ1) is 13.4. The van der Waals surface area contributed by atoms with Crippen LogP contribution in [0.3, 0.4) is 0 Å². The molecule has 0 N–H and O–H groups in total. The highest BCUT2D eigenvalue weighted by molar-refractivity contribution is 7.64. The summed E-state index contributed by atoms with van der Waals surface area (Å²) in [7, 11) is -0.221. The lowest BCUT2D eigenvalue weighted by Crippen LogP contribution is -2.07. The molecule has 3 aromatic rings. The largest absolute Gasteiger partial charge is 0.0663 e. The zero-order valence-electron chi connectivity index (χ0n) is 16.0. The maximum Gasteiger partial charge on any atom is -0.00270 e. The van der Waals surface area contributed by atoms with Crippen molar-refractivity contribution in [3.63, 3.8) is 0 Å². The first-order valence-corrected chi connectivity index (χ1v) is 12.1. The molecule has 1 heteroatoms. The van der Waals surface area contributed by atoms with Crippen molar-refractivity contribution in [3.05, 3.63) is 100 Å². The number of benzene rings is 3. The van der Waals surface area contributed by atoms with Gasteiger partial charge in [0.2, 0.25) is 0 Å². The second-order valence-electron chi connectivity index (χ2n) is 8.01. The van der Waals surface area contributed by atoms with Gasteiger partial charge in [0.05, 0.1) is 0 Å². The van der Waals surface area contributed by atoms with Crippen molar-refractivity contribution >= 4 is 13.2 Å². The van der Waals surface area contributed by atoms with Crippen molar-refractivity contribution in [2.75, 3.05) is 0 Å². The molecule has 0 saturated heterocycles. The predicted molar refractivity (Wildman–Crippen MR) is 117 cm³/mol. The highest BCUT2D eigenvalue weighted by atomic mass is 31.1. The molecule has 0 heterocycles. The van der Waals surface area contributed by atoms with Crippen LogP contribution in [-0.4, -0.2) is 0 Å². The Balaban J connectivity index is 1.49. The molecule has 0 saturated carbocycles. The van der Waals surface area contributed by atoms with E-state index in [9.17, 15) is 0 Å². The molecular formula is C26H27P. The molecule has 0 amide bonds. The fourth-order valence-corrected chi connectivity index (χ4v) is 7.47. The van der Waals surface area contributed by atoms with Gasteiger partial charge >= 0.3 is 0 Å². The van der Waals surface area contributed by atoms with Crippen molar-refractivity contribution < 1.29 is 0 Å². The Hall–Kier alpha value is -1.91. The number of fused-ring (bicyclic) bond motifs is 2. The maximum atomic E-state index is 2.40. The lowest BCUT2D eigenvalue weighted by molar-refractivity contribution is 0.908. The fourth-order valence-electron chi connectivity index (χ4n) is 4.98. The predicted octanol–water partition coefficient (Wildman–Crippen LogP) is 6.17. The summed E-state index contributed by atoms with van der Waals surface area (Å²) in [6.45, 7) is 0. The molecule has 2 aliphatic rings. The zero-order valence-corrected chi connectivity index (χ0v) is 16.8. The Bertz CT molecular complexity index is 882. The van der Waals surface area contributed by atoms with Crippen molar-refractivity contribution in [2.45, 2.75) is 50.8 Å². The van der Waals surface area contributed by atoms with E-state index < -0.39 is 0 Å². The quantitative estimate of drug-likeness (QED) is 0.471. The van der Waals surface area contributed by atoms with Gasteiger partial charge in [0, 0.05) is 0 Å². The molecule has 0 radical (unpaired) electrons. The topological polar surface area (TPSA) is 0 Å². The van der Waals surface area contributed by atoms with Gasteiger partial charge in [-0.3, -0.25) is 0 Å². The van der Waals surface area contributed by atoms with Gasteiger partial charge in [0.15, 0.2) is 0 Å². The highest BCUT2D eigenvalue weighted by Gasteiger charge is 2.21. The molecule has 0 unspecified atom stereocenters. The van der Waals surface area contributed by atoms with Gasteiger partial charge in [0.25, 0.3) is 0 Å². The highest BCUT2D eigenvalue weighted by Crippen LogP contribution is 2.45. The lowest BCUT2D eigenvalue weighted by atomic mass is 10.0. The van der Waals surface area contributed by atoms with Crippen LogP contribution in [0.2, 0.25) is 0 Å². The molecule has 0 fully saturated rings. The number of hydrogen-bond donors (Lipinski definition) is 0. The molecule has 136 valence electrons. The van der Waals surface area contributed by atoms with Crippen molar-refractivity contribution in [2.24, 2.45) is 0 Å². The summed E-state index contributed by atoms with van der Waals surface area (Å²) in [6.07, 6.45) is 10.2. The molecule has 0 bridgehead atoms. The van der Waals surface area contributed by atoms with Crippen LogP contribution in [-0.2, 0) is 38.0 Å². The van der Waals surface area contributed by atoms with E-state index >= 15 is 0 Å². The Morgan fingerprint density at radius 3 is 1.67 bits per heavy atom. The standard InChI is InChI=1S/C26H27P/c1-2-14-24(15-3-1)27(18-22-12-4-8-20-10-6-16-25(20)22)19-23-13-5-9-21-11-7-17-26(21)23/h1-5,8-9,12-15H,6-7,10-11,16-19H2. The summed E-state index contributed by atoms with van der Waals surface area (Å²) < 4.78 is 0. The first-order valence-electron chi connectivity index (χ1n) is 10.4. The van der Waals surface area contributed by atoms with Crippen molar-refractivity contribution in [3.8, 4) is 0 Å². The zero-order chi connectivity index (χ0) is 18.1. The van der Waals surface area contributed by atoms with E-state index in [2.05, 4.69) is 66.7 Å². The van der Waals surface area contributed by atoms with Gasteiger partial charge in [-0.1, -0.05) is 74.7 Å². The molecule has 3 aromatic carbocycles. The van der Waals surface area contributed by atoms with Gasteiger partial charge < -0.3 is 0 Å². The molecule has 27 heavy (non-hydrogen) atoms. The number of rotatable bonds is 5. The van der Waals surface area contributed by atoms with Gasteiger partial charge in [-0.05, 0) is 89.5 Å². The second-order valence-corrected chi connectivity index (χ2v) is 10.2. The van der Waals surface area contributed by atoms with Crippen LogP contribution in [0, 0.1) is 0 Å². The van der Waals surface area contributed by atoms with E-state index in [0.717, 1.165) is 0 Å². The molecular weight excluding hydrogens is 343 g/mol. The molecule has 0 atom stereocenters. The third kappa shape index (κ3) is 3.48. The van der Waals surface area contributed by atoms with Crippen molar-refractivity contribution in [1.82, 2.24) is 0 Å². The summed E-state index contributed by atoms with van der Waals surface area (Å²) in [5, 5.41) is 1.55. The van der Waals surface area contributed by atoms with Crippen LogP contribution in [0.4, 0.5) is 0 Å². The van der Waals surface area contributed by atoms with Gasteiger partial charge in [-0.25, -0.2) is 0 Å². The van der Waals surface area contributed by atoms with E-state index in [1.165, 1.54) is 50.8 Å². The van der Waals surface area contributed by atoms with E-state index in [-0.39, 0.29) is 7.92 Å². The lowest BCUT2D eigenvalue weighted by Gasteiger charge is -2.22. The number of aryl methyl sites for hydroxylation is 2. The van der Waals surface area contributed by atoms with Crippen LogP contribution < -0.4 is 5.30 Å². The van der Waals surface area contributed by atoms with E-state index in [4.69, 9.17) is 0 Å².